The lowest BCUT2D eigenvalue weighted by Crippen LogP contribution is -2.07. The Hall–Kier alpha value is -3.46. The molecule has 0 saturated carbocycles. The van der Waals surface area contributed by atoms with Gasteiger partial charge in [-0.1, -0.05) is 6.07 Å². The summed E-state index contributed by atoms with van der Waals surface area (Å²) in [6.07, 6.45) is 0.753. The second-order valence-electron chi connectivity index (χ2n) is 7.80. The third-order valence-corrected chi connectivity index (χ3v) is 5.92. The van der Waals surface area contributed by atoms with Crippen molar-refractivity contribution in [1.82, 2.24) is 9.55 Å². The highest BCUT2D eigenvalue weighted by molar-refractivity contribution is 9.10. The third kappa shape index (κ3) is 6.16. The largest absolute Gasteiger partial charge is 0.497 e. The number of halogens is 1. The van der Waals surface area contributed by atoms with E-state index in [4.69, 9.17) is 23.4 Å². The lowest BCUT2D eigenvalue weighted by atomic mass is 10.1. The molecule has 0 N–H and O–H groups in total. The van der Waals surface area contributed by atoms with Gasteiger partial charge >= 0.3 is 5.97 Å². The molecule has 4 rings (SSSR count). The van der Waals surface area contributed by atoms with Gasteiger partial charge in [0.05, 0.1) is 24.8 Å². The number of furan rings is 1. The molecule has 0 bridgehead atoms. The van der Waals surface area contributed by atoms with Crippen molar-refractivity contribution in [3.63, 3.8) is 0 Å². The molecule has 0 aliphatic rings. The number of ether oxygens (including phenoxy) is 4. The van der Waals surface area contributed by atoms with E-state index < -0.39 is 0 Å². The number of aryl methyl sites for hydroxylation is 2. The van der Waals surface area contributed by atoms with Gasteiger partial charge in [0.2, 0.25) is 0 Å². The van der Waals surface area contributed by atoms with Gasteiger partial charge < -0.3 is 27.9 Å². The van der Waals surface area contributed by atoms with E-state index in [9.17, 15) is 4.79 Å². The first-order valence-electron chi connectivity index (χ1n) is 11.2. The summed E-state index contributed by atoms with van der Waals surface area (Å²) in [5.41, 5.74) is 2.71. The normalized spacial score (nSPS) is 11.0. The monoisotopic (exact) mass is 542 g/mol. The Morgan fingerprint density at radius 3 is 2.63 bits per heavy atom. The lowest BCUT2D eigenvalue weighted by Gasteiger charge is -2.13. The van der Waals surface area contributed by atoms with Crippen LogP contribution in [0.3, 0.4) is 0 Å². The first-order valence-corrected chi connectivity index (χ1v) is 12.0. The molecule has 9 heteroatoms. The number of fused-ring (bicyclic) bond motifs is 1. The van der Waals surface area contributed by atoms with E-state index in [1.54, 1.807) is 14.0 Å². The molecule has 184 valence electrons. The molecule has 8 nitrogen and oxygen atoms in total. The molecule has 0 aliphatic heterocycles. The average molecular weight is 543 g/mol. The van der Waals surface area contributed by atoms with Crippen molar-refractivity contribution >= 4 is 32.9 Å². The molecule has 2 aromatic carbocycles. The van der Waals surface area contributed by atoms with Crippen molar-refractivity contribution in [3.8, 4) is 17.2 Å². The number of imidazole rings is 1. The fourth-order valence-electron chi connectivity index (χ4n) is 3.64. The summed E-state index contributed by atoms with van der Waals surface area (Å²) in [5.74, 6) is 3.24. The van der Waals surface area contributed by atoms with Crippen LogP contribution in [-0.2, 0) is 36.2 Å². The van der Waals surface area contributed by atoms with Gasteiger partial charge in [-0.05, 0) is 65.2 Å². The second-order valence-corrected chi connectivity index (χ2v) is 8.58. The van der Waals surface area contributed by atoms with Gasteiger partial charge in [-0.15, -0.1) is 0 Å². The molecular weight excluding hydrogens is 516 g/mol. The SMILES string of the molecule is CCOC(=O)CCc1ccc(OCc2nc3ccc(OC)cc3n2C)cc1OCc1ccc(Br)o1. The number of nitrogens with zero attached hydrogens (tertiary/aromatic N) is 2. The minimum Gasteiger partial charge on any atom is -0.497 e. The lowest BCUT2D eigenvalue weighted by molar-refractivity contribution is -0.143. The maximum atomic E-state index is 11.9. The standard InChI is InChI=1S/C26H27BrN2O6/c1-4-32-26(30)12-6-17-5-7-19(14-23(17)34-15-20-9-11-24(27)35-20)33-16-25-28-21-10-8-18(31-3)13-22(21)29(25)2/h5,7-11,13-14H,4,6,12,15-16H2,1-3H3. The molecule has 0 fully saturated rings. The van der Waals surface area contributed by atoms with E-state index in [0.717, 1.165) is 28.2 Å². The van der Waals surface area contributed by atoms with Crippen LogP contribution < -0.4 is 14.2 Å². The highest BCUT2D eigenvalue weighted by Gasteiger charge is 2.13. The quantitative estimate of drug-likeness (QED) is 0.228. The smallest absolute Gasteiger partial charge is 0.306 e. The minimum atomic E-state index is -0.243. The highest BCUT2D eigenvalue weighted by Crippen LogP contribution is 2.29. The van der Waals surface area contributed by atoms with Crippen LogP contribution in [0.25, 0.3) is 11.0 Å². The summed E-state index contributed by atoms with van der Waals surface area (Å²) in [4.78, 5) is 16.5. The number of benzene rings is 2. The number of esters is 1. The maximum absolute atomic E-state index is 11.9. The summed E-state index contributed by atoms with van der Waals surface area (Å²) in [6, 6.07) is 15.0. The van der Waals surface area contributed by atoms with E-state index >= 15 is 0 Å². The minimum absolute atomic E-state index is 0.243. The Balaban J connectivity index is 1.50. The van der Waals surface area contributed by atoms with Crippen molar-refractivity contribution in [2.24, 2.45) is 7.05 Å². The Morgan fingerprint density at radius 1 is 1.06 bits per heavy atom. The molecule has 0 aliphatic carbocycles. The van der Waals surface area contributed by atoms with Crippen LogP contribution in [0.15, 0.2) is 57.6 Å². The zero-order chi connectivity index (χ0) is 24.8. The molecule has 0 unspecified atom stereocenters. The fourth-order valence-corrected chi connectivity index (χ4v) is 3.98. The summed E-state index contributed by atoms with van der Waals surface area (Å²) < 4.78 is 30.6. The summed E-state index contributed by atoms with van der Waals surface area (Å²) >= 11 is 3.30. The molecule has 0 radical (unpaired) electrons. The molecule has 0 amide bonds. The average Bonchev–Trinajstić information content (AvgIpc) is 3.42. The van der Waals surface area contributed by atoms with Crippen molar-refractivity contribution < 1.29 is 28.2 Å². The first kappa shape index (κ1) is 24.7. The molecule has 4 aromatic rings. The number of hydrogen-bond donors (Lipinski definition) is 0. The van der Waals surface area contributed by atoms with Crippen molar-refractivity contribution in [1.29, 1.82) is 0 Å². The van der Waals surface area contributed by atoms with E-state index in [-0.39, 0.29) is 25.6 Å². The van der Waals surface area contributed by atoms with E-state index in [0.29, 0.717) is 35.0 Å². The molecule has 0 atom stereocenters. The molecule has 2 aromatic heterocycles. The Morgan fingerprint density at radius 2 is 1.89 bits per heavy atom. The van der Waals surface area contributed by atoms with Gasteiger partial charge in [-0.3, -0.25) is 4.79 Å². The molecule has 35 heavy (non-hydrogen) atoms. The predicted octanol–water partition coefficient (Wildman–Crippen LogP) is 5.59. The van der Waals surface area contributed by atoms with Crippen LogP contribution in [-0.4, -0.2) is 29.2 Å². The zero-order valence-corrected chi connectivity index (χ0v) is 21.5. The van der Waals surface area contributed by atoms with Gasteiger partial charge in [0.1, 0.15) is 42.0 Å². The van der Waals surface area contributed by atoms with Gasteiger partial charge in [0.25, 0.3) is 0 Å². The van der Waals surface area contributed by atoms with E-state index in [2.05, 4.69) is 20.9 Å². The Bertz CT molecular complexity index is 1310. The number of carbonyl (C=O) groups excluding carboxylic acids is 1. The summed E-state index contributed by atoms with van der Waals surface area (Å²) in [6.45, 7) is 2.67. The van der Waals surface area contributed by atoms with Crippen molar-refractivity contribution in [2.45, 2.75) is 33.0 Å². The van der Waals surface area contributed by atoms with E-state index in [1.807, 2.05) is 60.1 Å². The number of carbonyl (C=O) groups is 1. The molecule has 2 heterocycles. The van der Waals surface area contributed by atoms with Crippen LogP contribution >= 0.6 is 15.9 Å². The summed E-state index contributed by atoms with van der Waals surface area (Å²) in [5, 5.41) is 0. The summed E-state index contributed by atoms with van der Waals surface area (Å²) in [7, 11) is 3.59. The Labute approximate surface area is 211 Å². The Kier molecular flexibility index (Phi) is 7.97. The number of aromatic nitrogens is 2. The molecule has 0 spiro atoms. The van der Waals surface area contributed by atoms with Gasteiger partial charge in [-0.2, -0.15) is 0 Å². The number of rotatable bonds is 11. The zero-order valence-electron chi connectivity index (χ0n) is 19.9. The topological polar surface area (TPSA) is 85.0 Å². The first-order chi connectivity index (χ1) is 17.0. The predicted molar refractivity (Wildman–Crippen MR) is 134 cm³/mol. The number of methoxy groups -OCH3 is 1. The van der Waals surface area contributed by atoms with Crippen LogP contribution in [0.4, 0.5) is 0 Å². The highest BCUT2D eigenvalue weighted by atomic mass is 79.9. The number of hydrogen-bond acceptors (Lipinski definition) is 7. The second kappa shape index (κ2) is 11.3. The fraction of sp³-hybridized carbons (Fsp3) is 0.308. The van der Waals surface area contributed by atoms with Crippen molar-refractivity contribution in [3.05, 3.63) is 70.3 Å². The van der Waals surface area contributed by atoms with Gasteiger partial charge in [0, 0.05) is 25.6 Å². The molecular formula is C26H27BrN2O6. The molecule has 0 saturated heterocycles. The van der Waals surface area contributed by atoms with Crippen molar-refractivity contribution in [2.75, 3.05) is 13.7 Å². The van der Waals surface area contributed by atoms with Crippen LogP contribution in [0.5, 0.6) is 17.2 Å². The van der Waals surface area contributed by atoms with Crippen LogP contribution in [0.2, 0.25) is 0 Å². The maximum Gasteiger partial charge on any atom is 0.306 e. The third-order valence-electron chi connectivity index (χ3n) is 5.49. The van der Waals surface area contributed by atoms with Crippen LogP contribution in [0, 0.1) is 0 Å². The van der Waals surface area contributed by atoms with E-state index in [1.165, 1.54) is 0 Å². The van der Waals surface area contributed by atoms with Crippen LogP contribution in [0.1, 0.15) is 30.5 Å². The van der Waals surface area contributed by atoms with Gasteiger partial charge in [0.15, 0.2) is 4.67 Å². The van der Waals surface area contributed by atoms with Gasteiger partial charge in [-0.25, -0.2) is 4.98 Å².